The van der Waals surface area contributed by atoms with Crippen LogP contribution in [0, 0.1) is 12.8 Å². The fraction of sp³-hybridized carbons (Fsp3) is 0.350. The lowest BCUT2D eigenvalue weighted by molar-refractivity contribution is 0.102. The summed E-state index contributed by atoms with van der Waals surface area (Å²) in [5.41, 5.74) is 3.56. The van der Waals surface area contributed by atoms with Crippen molar-refractivity contribution in [1.29, 1.82) is 0 Å². The standard InChI is InChI=1S/C20H24N2O2/c1-15-6-2-3-7-17(15)20(24)21-18-8-4-5-9-19(18)22-12-10-16(14-23)11-13-22/h2-9,16,23H,10-14H2,1H3,(H,21,24). The number of carbonyl (C=O) groups excluding carboxylic acids is 1. The van der Waals surface area contributed by atoms with Gasteiger partial charge in [0.2, 0.25) is 0 Å². The maximum atomic E-state index is 12.6. The molecule has 1 aliphatic heterocycles. The number of amides is 1. The van der Waals surface area contributed by atoms with Gasteiger partial charge in [0.1, 0.15) is 0 Å². The molecule has 2 N–H and O–H groups in total. The Morgan fingerprint density at radius 2 is 1.79 bits per heavy atom. The molecule has 4 heteroatoms. The maximum absolute atomic E-state index is 12.6. The second-order valence-corrected chi connectivity index (χ2v) is 6.40. The van der Waals surface area contributed by atoms with E-state index < -0.39 is 0 Å². The first-order valence-electron chi connectivity index (χ1n) is 8.51. The number of hydrogen-bond acceptors (Lipinski definition) is 3. The highest BCUT2D eigenvalue weighted by molar-refractivity contribution is 6.06. The third kappa shape index (κ3) is 3.60. The van der Waals surface area contributed by atoms with Crippen molar-refractivity contribution in [2.75, 3.05) is 29.9 Å². The summed E-state index contributed by atoms with van der Waals surface area (Å²) in [6, 6.07) is 15.5. The van der Waals surface area contributed by atoms with Crippen LogP contribution >= 0.6 is 0 Å². The van der Waals surface area contributed by atoms with Gasteiger partial charge in [-0.15, -0.1) is 0 Å². The van der Waals surface area contributed by atoms with E-state index in [0.717, 1.165) is 42.9 Å². The van der Waals surface area contributed by atoms with E-state index in [0.29, 0.717) is 11.5 Å². The molecule has 0 aliphatic carbocycles. The summed E-state index contributed by atoms with van der Waals surface area (Å²) in [5.74, 6) is 0.320. The molecule has 2 aromatic rings. The average molecular weight is 324 g/mol. The number of hydrogen-bond donors (Lipinski definition) is 2. The molecule has 4 nitrogen and oxygen atoms in total. The number of aryl methyl sites for hydroxylation is 1. The van der Waals surface area contributed by atoms with E-state index in [1.165, 1.54) is 0 Å². The van der Waals surface area contributed by atoms with Crippen molar-refractivity contribution in [3.63, 3.8) is 0 Å². The summed E-state index contributed by atoms with van der Waals surface area (Å²) in [5, 5.41) is 12.4. The summed E-state index contributed by atoms with van der Waals surface area (Å²) >= 11 is 0. The number of rotatable bonds is 4. The number of benzene rings is 2. The van der Waals surface area contributed by atoms with Crippen LogP contribution in [0.4, 0.5) is 11.4 Å². The zero-order valence-corrected chi connectivity index (χ0v) is 14.0. The third-order valence-corrected chi connectivity index (χ3v) is 4.76. The monoisotopic (exact) mass is 324 g/mol. The van der Waals surface area contributed by atoms with Gasteiger partial charge in [0, 0.05) is 25.3 Å². The quantitative estimate of drug-likeness (QED) is 0.905. The van der Waals surface area contributed by atoms with Crippen LogP contribution in [0.25, 0.3) is 0 Å². The van der Waals surface area contributed by atoms with Crippen LogP contribution in [-0.4, -0.2) is 30.7 Å². The van der Waals surface area contributed by atoms with E-state index in [1.807, 2.05) is 55.5 Å². The van der Waals surface area contributed by atoms with E-state index in [9.17, 15) is 9.90 Å². The number of anilines is 2. The van der Waals surface area contributed by atoms with Crippen LogP contribution in [0.3, 0.4) is 0 Å². The van der Waals surface area contributed by atoms with Crippen molar-refractivity contribution in [3.8, 4) is 0 Å². The molecular weight excluding hydrogens is 300 g/mol. The summed E-state index contributed by atoms with van der Waals surface area (Å²) in [7, 11) is 0. The second kappa shape index (κ2) is 7.49. The number of para-hydroxylation sites is 2. The lowest BCUT2D eigenvalue weighted by atomic mass is 9.97. The molecule has 1 fully saturated rings. The van der Waals surface area contributed by atoms with Gasteiger partial charge in [0.25, 0.3) is 5.91 Å². The van der Waals surface area contributed by atoms with Gasteiger partial charge in [0.15, 0.2) is 0 Å². The van der Waals surface area contributed by atoms with Crippen molar-refractivity contribution in [2.24, 2.45) is 5.92 Å². The average Bonchev–Trinajstić information content (AvgIpc) is 2.62. The highest BCUT2D eigenvalue weighted by Crippen LogP contribution is 2.30. The zero-order chi connectivity index (χ0) is 16.9. The highest BCUT2D eigenvalue weighted by atomic mass is 16.3. The van der Waals surface area contributed by atoms with E-state index in [1.54, 1.807) is 0 Å². The molecule has 3 rings (SSSR count). The summed E-state index contributed by atoms with van der Waals surface area (Å²) < 4.78 is 0. The smallest absolute Gasteiger partial charge is 0.255 e. The Kier molecular flexibility index (Phi) is 5.16. The number of carbonyl (C=O) groups is 1. The van der Waals surface area contributed by atoms with Gasteiger partial charge in [-0.05, 0) is 49.4 Å². The van der Waals surface area contributed by atoms with Gasteiger partial charge in [-0.2, -0.15) is 0 Å². The molecule has 0 saturated carbocycles. The van der Waals surface area contributed by atoms with E-state index in [2.05, 4.69) is 10.2 Å². The first-order chi connectivity index (χ1) is 11.7. The van der Waals surface area contributed by atoms with Crippen LogP contribution in [0.15, 0.2) is 48.5 Å². The number of aliphatic hydroxyl groups is 1. The van der Waals surface area contributed by atoms with Gasteiger partial charge in [-0.1, -0.05) is 30.3 Å². The molecular formula is C20H24N2O2. The molecule has 1 amide bonds. The molecule has 1 saturated heterocycles. The largest absolute Gasteiger partial charge is 0.396 e. The Bertz CT molecular complexity index is 706. The third-order valence-electron chi connectivity index (χ3n) is 4.76. The van der Waals surface area contributed by atoms with Crippen LogP contribution in [0.2, 0.25) is 0 Å². The zero-order valence-electron chi connectivity index (χ0n) is 14.0. The summed E-state index contributed by atoms with van der Waals surface area (Å²) in [4.78, 5) is 14.9. The Morgan fingerprint density at radius 3 is 2.50 bits per heavy atom. The fourth-order valence-corrected chi connectivity index (χ4v) is 3.23. The molecule has 0 radical (unpaired) electrons. The van der Waals surface area contributed by atoms with Crippen LogP contribution in [0.1, 0.15) is 28.8 Å². The molecule has 1 aliphatic rings. The van der Waals surface area contributed by atoms with Crippen molar-refractivity contribution in [1.82, 2.24) is 0 Å². The predicted octanol–water partition coefficient (Wildman–Crippen LogP) is 3.46. The minimum Gasteiger partial charge on any atom is -0.396 e. The number of aliphatic hydroxyl groups excluding tert-OH is 1. The van der Waals surface area contributed by atoms with Gasteiger partial charge in [-0.25, -0.2) is 0 Å². The number of piperidine rings is 1. The molecule has 126 valence electrons. The molecule has 0 aromatic heterocycles. The van der Waals surface area contributed by atoms with E-state index in [4.69, 9.17) is 0 Å². The van der Waals surface area contributed by atoms with Gasteiger partial charge >= 0.3 is 0 Å². The van der Waals surface area contributed by atoms with Crippen molar-refractivity contribution >= 4 is 17.3 Å². The van der Waals surface area contributed by atoms with Gasteiger partial charge in [0.05, 0.1) is 11.4 Å². The molecule has 0 unspecified atom stereocenters. The van der Waals surface area contributed by atoms with Crippen LogP contribution < -0.4 is 10.2 Å². The Labute approximate surface area is 143 Å². The molecule has 0 bridgehead atoms. The number of nitrogens with zero attached hydrogens (tertiary/aromatic N) is 1. The Morgan fingerprint density at radius 1 is 1.12 bits per heavy atom. The van der Waals surface area contributed by atoms with Crippen LogP contribution in [0.5, 0.6) is 0 Å². The molecule has 24 heavy (non-hydrogen) atoms. The van der Waals surface area contributed by atoms with Crippen molar-refractivity contribution in [3.05, 3.63) is 59.7 Å². The Hall–Kier alpha value is -2.33. The second-order valence-electron chi connectivity index (χ2n) is 6.40. The molecule has 1 heterocycles. The van der Waals surface area contributed by atoms with Gasteiger partial charge < -0.3 is 15.3 Å². The minimum atomic E-state index is -0.0780. The first-order valence-corrected chi connectivity index (χ1v) is 8.51. The lowest BCUT2D eigenvalue weighted by Crippen LogP contribution is -2.35. The predicted molar refractivity (Wildman–Crippen MR) is 97.6 cm³/mol. The van der Waals surface area contributed by atoms with Gasteiger partial charge in [-0.3, -0.25) is 4.79 Å². The SMILES string of the molecule is Cc1ccccc1C(=O)Nc1ccccc1N1CCC(CO)CC1. The fourth-order valence-electron chi connectivity index (χ4n) is 3.23. The Balaban J connectivity index is 1.77. The summed E-state index contributed by atoms with van der Waals surface area (Å²) in [6.07, 6.45) is 1.97. The molecule has 2 aromatic carbocycles. The van der Waals surface area contributed by atoms with Crippen molar-refractivity contribution < 1.29 is 9.90 Å². The van der Waals surface area contributed by atoms with Crippen molar-refractivity contribution in [2.45, 2.75) is 19.8 Å². The summed E-state index contributed by atoms with van der Waals surface area (Å²) in [6.45, 7) is 4.02. The van der Waals surface area contributed by atoms with E-state index in [-0.39, 0.29) is 12.5 Å². The normalized spacial score (nSPS) is 15.3. The number of nitrogens with one attached hydrogen (secondary N) is 1. The first kappa shape index (κ1) is 16.5. The molecule has 0 atom stereocenters. The highest BCUT2D eigenvalue weighted by Gasteiger charge is 2.21. The van der Waals surface area contributed by atoms with Crippen LogP contribution in [-0.2, 0) is 0 Å². The maximum Gasteiger partial charge on any atom is 0.255 e. The topological polar surface area (TPSA) is 52.6 Å². The molecule has 0 spiro atoms. The minimum absolute atomic E-state index is 0.0780. The van der Waals surface area contributed by atoms with E-state index >= 15 is 0 Å². The lowest BCUT2D eigenvalue weighted by Gasteiger charge is -2.34.